The van der Waals surface area contributed by atoms with E-state index in [-0.39, 0.29) is 5.97 Å². The van der Waals surface area contributed by atoms with Crippen molar-refractivity contribution in [1.82, 2.24) is 0 Å². The summed E-state index contributed by atoms with van der Waals surface area (Å²) in [7, 11) is 1.61. The van der Waals surface area contributed by atoms with Crippen molar-refractivity contribution in [2.45, 2.75) is 40.2 Å². The summed E-state index contributed by atoms with van der Waals surface area (Å²) in [5, 5.41) is 0. The normalized spacial score (nSPS) is 11.5. The van der Waals surface area contributed by atoms with Gasteiger partial charge in [0.05, 0.1) is 20.0 Å². The molecule has 0 amide bonds. The van der Waals surface area contributed by atoms with Crippen LogP contribution in [0.1, 0.15) is 37.5 Å². The van der Waals surface area contributed by atoms with Crippen LogP contribution in [0.2, 0.25) is 0 Å². The van der Waals surface area contributed by atoms with E-state index in [1.807, 2.05) is 32.1 Å². The summed E-state index contributed by atoms with van der Waals surface area (Å²) in [6, 6.07) is 3.97. The Morgan fingerprint density at radius 1 is 1.24 bits per heavy atom. The first kappa shape index (κ1) is 17.1. The molecule has 0 aliphatic heterocycles. The van der Waals surface area contributed by atoms with Gasteiger partial charge >= 0.3 is 5.97 Å². The highest BCUT2D eigenvalue weighted by atomic mass is 16.6. The fourth-order valence-electron chi connectivity index (χ4n) is 1.99. The maximum Gasteiger partial charge on any atom is 0.349 e. The second-order valence-corrected chi connectivity index (χ2v) is 5.36. The van der Waals surface area contributed by atoms with Gasteiger partial charge in [0.15, 0.2) is 5.60 Å². The summed E-state index contributed by atoms with van der Waals surface area (Å²) in [6.45, 7) is 9.44. The van der Waals surface area contributed by atoms with Crippen molar-refractivity contribution in [3.8, 4) is 5.75 Å². The number of carbonyl (C=O) groups excluding carboxylic acids is 1. The second kappa shape index (κ2) is 7.16. The molecule has 116 valence electrons. The third-order valence-electron chi connectivity index (χ3n) is 3.00. The van der Waals surface area contributed by atoms with Crippen molar-refractivity contribution in [3.05, 3.63) is 35.1 Å². The summed E-state index contributed by atoms with van der Waals surface area (Å²) in [4.78, 5) is 11.9. The van der Waals surface area contributed by atoms with Crippen LogP contribution in [0.15, 0.2) is 18.4 Å². The molecular formula is C17H24O4. The smallest absolute Gasteiger partial charge is 0.349 e. The number of ether oxygens (including phenoxy) is 3. The third-order valence-corrected chi connectivity index (χ3v) is 3.00. The minimum Gasteiger partial charge on any atom is -0.504 e. The van der Waals surface area contributed by atoms with Gasteiger partial charge in [0, 0.05) is 0 Å². The minimum atomic E-state index is -1.02. The molecule has 0 saturated carbocycles. The summed E-state index contributed by atoms with van der Waals surface area (Å²) < 4.78 is 15.9. The zero-order valence-corrected chi connectivity index (χ0v) is 13.6. The lowest BCUT2D eigenvalue weighted by molar-refractivity contribution is -0.158. The average Bonchev–Trinajstić information content (AvgIpc) is 2.41. The van der Waals surface area contributed by atoms with E-state index in [1.165, 1.54) is 0 Å². The Labute approximate surface area is 126 Å². The molecule has 1 aromatic carbocycles. The van der Waals surface area contributed by atoms with Crippen LogP contribution in [0.25, 0.3) is 6.08 Å². The zero-order chi connectivity index (χ0) is 16.0. The number of hydrogen-bond donors (Lipinski definition) is 0. The van der Waals surface area contributed by atoms with Gasteiger partial charge in [0.1, 0.15) is 5.75 Å². The summed E-state index contributed by atoms with van der Waals surface area (Å²) >= 11 is 0. The molecular weight excluding hydrogens is 268 g/mol. The highest BCUT2D eigenvalue weighted by Crippen LogP contribution is 2.29. The van der Waals surface area contributed by atoms with E-state index in [4.69, 9.17) is 14.2 Å². The fraction of sp³-hybridized carbons (Fsp3) is 0.471. The summed E-state index contributed by atoms with van der Waals surface area (Å²) in [5.74, 6) is 0.342. The van der Waals surface area contributed by atoms with E-state index in [2.05, 4.69) is 0 Å². The molecule has 1 aromatic rings. The van der Waals surface area contributed by atoms with Crippen molar-refractivity contribution in [3.63, 3.8) is 0 Å². The van der Waals surface area contributed by atoms with E-state index >= 15 is 0 Å². The Morgan fingerprint density at radius 2 is 1.81 bits per heavy atom. The Balaban J connectivity index is 3.04. The molecule has 0 aliphatic carbocycles. The molecule has 0 aliphatic rings. The SMILES string of the molecule is CCOC(=O)C(C)(C)Oc1c(C)cc(C=COC)cc1C. The van der Waals surface area contributed by atoms with E-state index in [1.54, 1.807) is 34.1 Å². The maximum atomic E-state index is 11.9. The van der Waals surface area contributed by atoms with Crippen molar-refractivity contribution < 1.29 is 19.0 Å². The Kier molecular flexibility index (Phi) is 5.82. The minimum absolute atomic E-state index is 0.338. The zero-order valence-electron chi connectivity index (χ0n) is 13.6. The van der Waals surface area contributed by atoms with Gasteiger partial charge in [-0.1, -0.05) is 0 Å². The van der Waals surface area contributed by atoms with Crippen LogP contribution in [-0.2, 0) is 14.3 Å². The number of esters is 1. The third kappa shape index (κ3) is 4.52. The number of aryl methyl sites for hydroxylation is 2. The molecule has 0 atom stereocenters. The van der Waals surface area contributed by atoms with E-state index < -0.39 is 5.60 Å². The molecule has 4 nitrogen and oxygen atoms in total. The van der Waals surface area contributed by atoms with Crippen LogP contribution in [0, 0.1) is 13.8 Å². The highest BCUT2D eigenvalue weighted by Gasteiger charge is 2.32. The van der Waals surface area contributed by atoms with E-state index in [0.717, 1.165) is 16.7 Å². The molecule has 0 bridgehead atoms. The largest absolute Gasteiger partial charge is 0.504 e. The van der Waals surface area contributed by atoms with Gasteiger partial charge < -0.3 is 14.2 Å². The summed E-state index contributed by atoms with van der Waals surface area (Å²) in [6.07, 6.45) is 3.50. The van der Waals surface area contributed by atoms with Gasteiger partial charge in [0.25, 0.3) is 0 Å². The molecule has 4 heteroatoms. The fourth-order valence-corrected chi connectivity index (χ4v) is 1.99. The van der Waals surface area contributed by atoms with Gasteiger partial charge in [-0.25, -0.2) is 4.79 Å². The molecule has 0 heterocycles. The molecule has 21 heavy (non-hydrogen) atoms. The first-order valence-corrected chi connectivity index (χ1v) is 6.98. The van der Waals surface area contributed by atoms with Crippen LogP contribution in [0.4, 0.5) is 0 Å². The first-order chi connectivity index (χ1) is 9.81. The Bertz CT molecular complexity index is 507. The number of benzene rings is 1. The number of carbonyl (C=O) groups is 1. The second-order valence-electron chi connectivity index (χ2n) is 5.36. The first-order valence-electron chi connectivity index (χ1n) is 6.98. The Morgan fingerprint density at radius 3 is 2.29 bits per heavy atom. The van der Waals surface area contributed by atoms with Crippen LogP contribution in [0.5, 0.6) is 5.75 Å². The van der Waals surface area contributed by atoms with Crippen molar-refractivity contribution >= 4 is 12.0 Å². The molecule has 0 fully saturated rings. The number of rotatable bonds is 6. The maximum absolute atomic E-state index is 11.9. The average molecular weight is 292 g/mol. The lowest BCUT2D eigenvalue weighted by atomic mass is 10.0. The van der Waals surface area contributed by atoms with Crippen molar-refractivity contribution in [2.24, 2.45) is 0 Å². The molecule has 0 aromatic heterocycles. The lowest BCUT2D eigenvalue weighted by Gasteiger charge is -2.26. The molecule has 1 rings (SSSR count). The predicted molar refractivity (Wildman–Crippen MR) is 83.3 cm³/mol. The molecule has 0 N–H and O–H groups in total. The van der Waals surface area contributed by atoms with Crippen molar-refractivity contribution in [2.75, 3.05) is 13.7 Å². The molecule has 0 unspecified atom stereocenters. The standard InChI is InChI=1S/C17H24O4/c1-7-20-16(18)17(4,5)21-15-12(2)10-14(8-9-19-6)11-13(15)3/h8-11H,7H2,1-6H3. The molecule has 0 saturated heterocycles. The van der Waals surface area contributed by atoms with Crippen LogP contribution in [-0.4, -0.2) is 25.3 Å². The van der Waals surface area contributed by atoms with Gasteiger partial charge in [-0.15, -0.1) is 0 Å². The van der Waals surface area contributed by atoms with Gasteiger partial charge in [0.2, 0.25) is 0 Å². The van der Waals surface area contributed by atoms with Gasteiger partial charge in [-0.05, 0) is 69.5 Å². The van der Waals surface area contributed by atoms with Crippen molar-refractivity contribution in [1.29, 1.82) is 0 Å². The van der Waals surface area contributed by atoms with E-state index in [0.29, 0.717) is 12.4 Å². The number of hydrogen-bond acceptors (Lipinski definition) is 4. The van der Waals surface area contributed by atoms with Gasteiger partial charge in [-0.3, -0.25) is 0 Å². The molecule has 0 spiro atoms. The Hall–Kier alpha value is -1.97. The lowest BCUT2D eigenvalue weighted by Crippen LogP contribution is -2.40. The van der Waals surface area contributed by atoms with E-state index in [9.17, 15) is 4.79 Å². The summed E-state index contributed by atoms with van der Waals surface area (Å²) in [5.41, 5.74) is 1.93. The quantitative estimate of drug-likeness (QED) is 0.593. The number of methoxy groups -OCH3 is 1. The highest BCUT2D eigenvalue weighted by molar-refractivity contribution is 5.79. The van der Waals surface area contributed by atoms with Crippen LogP contribution >= 0.6 is 0 Å². The topological polar surface area (TPSA) is 44.8 Å². The van der Waals surface area contributed by atoms with Crippen LogP contribution < -0.4 is 4.74 Å². The predicted octanol–water partition coefficient (Wildman–Crippen LogP) is 3.64. The van der Waals surface area contributed by atoms with Gasteiger partial charge in [-0.2, -0.15) is 0 Å². The monoisotopic (exact) mass is 292 g/mol. The van der Waals surface area contributed by atoms with Crippen LogP contribution in [0.3, 0.4) is 0 Å². The molecule has 0 radical (unpaired) electrons.